The van der Waals surface area contributed by atoms with Gasteiger partial charge in [-0.15, -0.1) is 0 Å². The second-order valence-corrected chi connectivity index (χ2v) is 5.87. The highest BCUT2D eigenvalue weighted by Crippen LogP contribution is 2.33. The summed E-state index contributed by atoms with van der Waals surface area (Å²) >= 11 is 0. The molecule has 0 aliphatic carbocycles. The van der Waals surface area contributed by atoms with Crippen LogP contribution in [0.2, 0.25) is 0 Å². The average Bonchev–Trinajstić information content (AvgIpc) is 2.60. The first-order valence-electron chi connectivity index (χ1n) is 8.26. The molecule has 0 N–H and O–H groups in total. The van der Waals surface area contributed by atoms with Gasteiger partial charge in [0.1, 0.15) is 18.1 Å². The Hall–Kier alpha value is -2.63. The molecular formula is C20H22F2O4. The predicted octanol–water partition coefficient (Wildman–Crippen LogP) is 5.53. The lowest BCUT2D eigenvalue weighted by Gasteiger charge is -2.17. The van der Waals surface area contributed by atoms with Gasteiger partial charge in [0.2, 0.25) is 0 Å². The Morgan fingerprint density at radius 3 is 2.46 bits per heavy atom. The molecule has 0 fully saturated rings. The summed E-state index contributed by atoms with van der Waals surface area (Å²) in [5.41, 5.74) is 3.01. The first kappa shape index (κ1) is 19.7. The summed E-state index contributed by atoms with van der Waals surface area (Å²) in [7, 11) is 1.21. The minimum Gasteiger partial charge on any atom is -0.488 e. The molecule has 0 radical (unpaired) electrons. The number of benzene rings is 2. The zero-order chi connectivity index (χ0) is 19.3. The van der Waals surface area contributed by atoms with Crippen LogP contribution in [0.5, 0.6) is 11.5 Å². The Labute approximate surface area is 151 Å². The van der Waals surface area contributed by atoms with Gasteiger partial charge in [0.25, 0.3) is 6.43 Å². The number of hydrogen-bond acceptors (Lipinski definition) is 4. The lowest BCUT2D eigenvalue weighted by Crippen LogP contribution is -2.11. The minimum atomic E-state index is -2.64. The molecule has 0 saturated heterocycles. The molecule has 0 aliphatic heterocycles. The number of halogens is 2. The van der Waals surface area contributed by atoms with Crippen molar-refractivity contribution in [3.8, 4) is 11.5 Å². The first-order valence-corrected chi connectivity index (χ1v) is 8.26. The number of rotatable bonds is 6. The summed E-state index contributed by atoms with van der Waals surface area (Å²) in [4.78, 5) is 11.4. The highest BCUT2D eigenvalue weighted by Gasteiger charge is 2.18. The van der Waals surface area contributed by atoms with E-state index in [1.807, 2.05) is 26.8 Å². The highest BCUT2D eigenvalue weighted by atomic mass is 19.3. The predicted molar refractivity (Wildman–Crippen MR) is 94.1 cm³/mol. The van der Waals surface area contributed by atoms with E-state index < -0.39 is 12.6 Å². The molecule has 6 heteroatoms. The van der Waals surface area contributed by atoms with Crippen LogP contribution in [-0.4, -0.2) is 13.3 Å². The average molecular weight is 364 g/mol. The van der Waals surface area contributed by atoms with Crippen LogP contribution < -0.4 is 9.47 Å². The molecule has 4 nitrogen and oxygen atoms in total. The highest BCUT2D eigenvalue weighted by molar-refractivity contribution is 5.64. The minimum absolute atomic E-state index is 0.0103. The fourth-order valence-electron chi connectivity index (χ4n) is 2.66. The number of hydrogen-bond donors (Lipinski definition) is 0. The first-order chi connectivity index (χ1) is 12.4. The maximum Gasteiger partial charge on any atom is 0.513 e. The van der Waals surface area contributed by atoms with Crippen LogP contribution in [-0.2, 0) is 17.8 Å². The van der Waals surface area contributed by atoms with Crippen molar-refractivity contribution in [2.24, 2.45) is 0 Å². The van der Waals surface area contributed by atoms with Gasteiger partial charge in [-0.3, -0.25) is 0 Å². The van der Waals surface area contributed by atoms with Crippen LogP contribution >= 0.6 is 0 Å². The smallest absolute Gasteiger partial charge is 0.488 e. The van der Waals surface area contributed by atoms with Gasteiger partial charge in [-0.1, -0.05) is 19.1 Å². The van der Waals surface area contributed by atoms with Crippen molar-refractivity contribution in [2.45, 2.75) is 40.2 Å². The van der Waals surface area contributed by atoms with Crippen molar-refractivity contribution in [1.29, 1.82) is 0 Å². The van der Waals surface area contributed by atoms with Gasteiger partial charge in [-0.05, 0) is 55.2 Å². The van der Waals surface area contributed by atoms with Crippen molar-refractivity contribution < 1.29 is 27.8 Å². The van der Waals surface area contributed by atoms with E-state index in [2.05, 4.69) is 4.74 Å². The fourth-order valence-corrected chi connectivity index (χ4v) is 2.66. The summed E-state index contributed by atoms with van der Waals surface area (Å²) in [5, 5.41) is 0. The molecular weight excluding hydrogens is 342 g/mol. The molecule has 0 heterocycles. The van der Waals surface area contributed by atoms with Crippen LogP contribution in [0.15, 0.2) is 30.3 Å². The third-order valence-electron chi connectivity index (χ3n) is 4.18. The molecule has 0 bridgehead atoms. The molecule has 0 aliphatic rings. The normalized spacial score (nSPS) is 10.7. The second-order valence-electron chi connectivity index (χ2n) is 5.87. The van der Waals surface area contributed by atoms with Crippen molar-refractivity contribution in [3.05, 3.63) is 58.1 Å². The van der Waals surface area contributed by atoms with Gasteiger partial charge in [0.05, 0.1) is 12.7 Å². The van der Waals surface area contributed by atoms with Crippen molar-refractivity contribution in [2.75, 3.05) is 7.11 Å². The number of alkyl halides is 2. The topological polar surface area (TPSA) is 44.8 Å². The molecule has 140 valence electrons. The quantitative estimate of drug-likeness (QED) is 0.499. The van der Waals surface area contributed by atoms with E-state index in [1.54, 1.807) is 18.2 Å². The molecule has 0 saturated carbocycles. The Morgan fingerprint density at radius 2 is 1.85 bits per heavy atom. The standard InChI is InChI=1S/C20H22F2O4/c1-5-14-10-15(19(21)22)18(9-13(14)3)25-11-16-12(2)7-6-8-17(16)26-20(23)24-4/h6-10,19H,5,11H2,1-4H3. The summed E-state index contributed by atoms with van der Waals surface area (Å²) in [6, 6.07) is 8.25. The van der Waals surface area contributed by atoms with Crippen LogP contribution in [0.4, 0.5) is 13.6 Å². The second kappa shape index (κ2) is 8.65. The summed E-state index contributed by atoms with van der Waals surface area (Å²) < 4.78 is 42.1. The number of carbonyl (C=O) groups excluding carboxylic acids is 1. The van der Waals surface area contributed by atoms with E-state index in [9.17, 15) is 13.6 Å². The lowest BCUT2D eigenvalue weighted by molar-refractivity contribution is 0.120. The van der Waals surface area contributed by atoms with Gasteiger partial charge < -0.3 is 14.2 Å². The molecule has 2 aromatic carbocycles. The van der Waals surface area contributed by atoms with E-state index in [-0.39, 0.29) is 23.7 Å². The van der Waals surface area contributed by atoms with E-state index in [4.69, 9.17) is 9.47 Å². The van der Waals surface area contributed by atoms with Crippen molar-refractivity contribution in [3.63, 3.8) is 0 Å². The molecule has 0 atom stereocenters. The maximum absolute atomic E-state index is 13.4. The van der Waals surface area contributed by atoms with Crippen LogP contribution in [0, 0.1) is 13.8 Å². The zero-order valence-corrected chi connectivity index (χ0v) is 15.3. The van der Waals surface area contributed by atoms with E-state index in [0.717, 1.165) is 16.7 Å². The Bertz CT molecular complexity index is 788. The number of ether oxygens (including phenoxy) is 3. The third kappa shape index (κ3) is 4.50. The largest absolute Gasteiger partial charge is 0.513 e. The van der Waals surface area contributed by atoms with Gasteiger partial charge in [0, 0.05) is 5.56 Å². The van der Waals surface area contributed by atoms with Gasteiger partial charge in [-0.25, -0.2) is 13.6 Å². The number of carbonyl (C=O) groups is 1. The van der Waals surface area contributed by atoms with Crippen LogP contribution in [0.3, 0.4) is 0 Å². The fraction of sp³-hybridized carbons (Fsp3) is 0.350. The lowest BCUT2D eigenvalue weighted by atomic mass is 10.0. The van der Waals surface area contributed by atoms with E-state index >= 15 is 0 Å². The van der Waals surface area contributed by atoms with Crippen molar-refractivity contribution >= 4 is 6.16 Å². The third-order valence-corrected chi connectivity index (χ3v) is 4.18. The summed E-state index contributed by atoms with van der Waals surface area (Å²) in [6.45, 7) is 5.59. The molecule has 0 amide bonds. The van der Waals surface area contributed by atoms with Crippen LogP contribution in [0.25, 0.3) is 0 Å². The van der Waals surface area contributed by atoms with Gasteiger partial charge in [0.15, 0.2) is 0 Å². The number of aryl methyl sites for hydroxylation is 3. The summed E-state index contributed by atoms with van der Waals surface area (Å²) in [6.07, 6.45) is -2.83. The Kier molecular flexibility index (Phi) is 6.55. The van der Waals surface area contributed by atoms with Gasteiger partial charge in [-0.2, -0.15) is 0 Å². The maximum atomic E-state index is 13.4. The molecule has 0 spiro atoms. The Morgan fingerprint density at radius 1 is 1.12 bits per heavy atom. The molecule has 2 rings (SSSR count). The van der Waals surface area contributed by atoms with E-state index in [0.29, 0.717) is 12.0 Å². The Balaban J connectivity index is 2.32. The molecule has 0 unspecified atom stereocenters. The molecule has 2 aromatic rings. The molecule has 0 aromatic heterocycles. The van der Waals surface area contributed by atoms with Gasteiger partial charge >= 0.3 is 6.16 Å². The molecule has 26 heavy (non-hydrogen) atoms. The van der Waals surface area contributed by atoms with Crippen molar-refractivity contribution in [1.82, 2.24) is 0 Å². The monoisotopic (exact) mass is 364 g/mol. The number of methoxy groups -OCH3 is 1. The zero-order valence-electron chi connectivity index (χ0n) is 15.3. The SMILES string of the molecule is CCc1cc(C(F)F)c(OCc2c(C)cccc2OC(=O)OC)cc1C. The van der Waals surface area contributed by atoms with E-state index in [1.165, 1.54) is 13.2 Å². The summed E-state index contributed by atoms with van der Waals surface area (Å²) in [5.74, 6) is 0.402. The van der Waals surface area contributed by atoms with Crippen LogP contribution in [0.1, 0.15) is 41.2 Å².